The van der Waals surface area contributed by atoms with E-state index >= 15 is 0 Å². The van der Waals surface area contributed by atoms with Crippen LogP contribution in [0.1, 0.15) is 22.7 Å². The van der Waals surface area contributed by atoms with E-state index < -0.39 is 12.0 Å². The van der Waals surface area contributed by atoms with Gasteiger partial charge in [-0.15, -0.1) is 0 Å². The Morgan fingerprint density at radius 3 is 2.66 bits per heavy atom. The molecule has 0 bridgehead atoms. The van der Waals surface area contributed by atoms with E-state index in [0.717, 1.165) is 19.5 Å². The van der Waals surface area contributed by atoms with Gasteiger partial charge in [0.2, 0.25) is 0 Å². The monoisotopic (exact) mass is 411 g/mol. The van der Waals surface area contributed by atoms with Gasteiger partial charge in [0.05, 0.1) is 18.7 Å². The molecule has 2 heterocycles. The molecule has 0 aromatic heterocycles. The largest absolute Gasteiger partial charge is 0.466 e. The van der Waals surface area contributed by atoms with Gasteiger partial charge < -0.3 is 15.4 Å². The Bertz CT molecular complexity index is 989. The Kier molecular flexibility index (Phi) is 5.56. The van der Waals surface area contributed by atoms with Crippen molar-refractivity contribution in [1.82, 2.24) is 15.5 Å². The Morgan fingerprint density at radius 2 is 1.90 bits per heavy atom. The summed E-state index contributed by atoms with van der Waals surface area (Å²) in [6.07, 6.45) is 0.928. The van der Waals surface area contributed by atoms with E-state index in [9.17, 15) is 9.59 Å². The van der Waals surface area contributed by atoms with Crippen LogP contribution in [0, 0.1) is 0 Å². The maximum atomic E-state index is 12.7. The molecule has 2 amide bonds. The summed E-state index contributed by atoms with van der Waals surface area (Å²) in [6.45, 7) is 2.04. The van der Waals surface area contributed by atoms with Crippen molar-refractivity contribution in [2.45, 2.75) is 19.0 Å². The molecule has 2 aromatic carbocycles. The number of urea groups is 1. The molecule has 0 spiro atoms. The minimum atomic E-state index is -0.669. The van der Waals surface area contributed by atoms with E-state index in [1.165, 1.54) is 18.2 Å². The van der Waals surface area contributed by atoms with Crippen molar-refractivity contribution in [2.75, 3.05) is 20.2 Å². The van der Waals surface area contributed by atoms with Gasteiger partial charge in [0.15, 0.2) is 0 Å². The maximum absolute atomic E-state index is 12.7. The van der Waals surface area contributed by atoms with Gasteiger partial charge in [-0.25, -0.2) is 9.59 Å². The number of benzene rings is 2. The van der Waals surface area contributed by atoms with E-state index in [1.807, 2.05) is 24.3 Å². The zero-order chi connectivity index (χ0) is 20.4. The lowest BCUT2D eigenvalue weighted by atomic mass is 9.94. The van der Waals surface area contributed by atoms with Crippen LogP contribution in [0.15, 0.2) is 59.8 Å². The third-order valence-corrected chi connectivity index (χ3v) is 5.71. The van der Waals surface area contributed by atoms with E-state index in [4.69, 9.17) is 16.3 Å². The lowest BCUT2D eigenvalue weighted by Gasteiger charge is -2.34. The molecule has 0 aliphatic carbocycles. The maximum Gasteiger partial charge on any atom is 0.338 e. The van der Waals surface area contributed by atoms with Gasteiger partial charge in [-0.2, -0.15) is 0 Å². The molecule has 1 unspecified atom stereocenters. The summed E-state index contributed by atoms with van der Waals surface area (Å²) in [4.78, 5) is 27.3. The quantitative estimate of drug-likeness (QED) is 0.758. The Labute approximate surface area is 174 Å². The number of hydrogen-bond acceptors (Lipinski definition) is 4. The summed E-state index contributed by atoms with van der Waals surface area (Å²) in [6, 6.07) is 14.5. The average molecular weight is 412 g/mol. The van der Waals surface area contributed by atoms with Gasteiger partial charge in [-0.3, -0.25) is 4.90 Å². The number of fused-ring (bicyclic) bond motifs is 1. The number of carbonyl (C=O) groups excluding carboxylic acids is 2. The third-order valence-electron chi connectivity index (χ3n) is 5.37. The SMILES string of the molecule is COC(=O)C1=C(CN2CCc3ccccc3C2)NC(=O)NC1c1ccccc1Cl. The molecule has 0 saturated heterocycles. The highest BCUT2D eigenvalue weighted by atomic mass is 35.5. The molecule has 2 aliphatic heterocycles. The van der Waals surface area contributed by atoms with Gasteiger partial charge in [-0.05, 0) is 29.2 Å². The number of carbonyl (C=O) groups is 2. The summed E-state index contributed by atoms with van der Waals surface area (Å²) < 4.78 is 5.04. The summed E-state index contributed by atoms with van der Waals surface area (Å²) in [5.74, 6) is -0.491. The predicted octanol–water partition coefficient (Wildman–Crippen LogP) is 3.18. The fraction of sp³-hybridized carbons (Fsp3) is 0.273. The van der Waals surface area contributed by atoms with Crippen LogP contribution in [0.3, 0.4) is 0 Å². The van der Waals surface area contributed by atoms with Crippen LogP contribution in [0.5, 0.6) is 0 Å². The third kappa shape index (κ3) is 3.99. The summed E-state index contributed by atoms with van der Waals surface area (Å²) in [5, 5.41) is 6.11. The first-order chi connectivity index (χ1) is 14.1. The van der Waals surface area contributed by atoms with Crippen molar-refractivity contribution in [1.29, 1.82) is 0 Å². The summed E-state index contributed by atoms with van der Waals surface area (Å²) >= 11 is 6.36. The molecular weight excluding hydrogens is 390 g/mol. The van der Waals surface area contributed by atoms with Crippen LogP contribution < -0.4 is 10.6 Å². The van der Waals surface area contributed by atoms with Gasteiger partial charge >= 0.3 is 12.0 Å². The Balaban J connectivity index is 1.69. The summed E-state index contributed by atoms with van der Waals surface area (Å²) in [5.41, 5.74) is 4.19. The number of halogens is 1. The van der Waals surface area contributed by atoms with Crippen molar-refractivity contribution < 1.29 is 14.3 Å². The predicted molar refractivity (Wildman–Crippen MR) is 110 cm³/mol. The standard InChI is InChI=1S/C22H22ClN3O3/c1-29-21(27)19-18(13-26-11-10-14-6-2-3-7-15(14)12-26)24-22(28)25-20(19)16-8-4-5-9-17(16)23/h2-9,20H,10-13H2,1H3,(H2,24,25,28). The minimum absolute atomic E-state index is 0.366. The van der Waals surface area contributed by atoms with Crippen molar-refractivity contribution in [2.24, 2.45) is 0 Å². The molecule has 150 valence electrons. The van der Waals surface area contributed by atoms with Crippen molar-refractivity contribution in [3.8, 4) is 0 Å². The zero-order valence-electron chi connectivity index (χ0n) is 16.1. The first-order valence-corrected chi connectivity index (χ1v) is 9.87. The second kappa shape index (κ2) is 8.27. The highest BCUT2D eigenvalue weighted by Gasteiger charge is 2.35. The molecule has 6 nitrogen and oxygen atoms in total. The average Bonchev–Trinajstić information content (AvgIpc) is 2.73. The van der Waals surface area contributed by atoms with E-state index in [1.54, 1.807) is 12.1 Å². The normalized spacial score (nSPS) is 19.2. The molecule has 2 N–H and O–H groups in total. The number of nitrogens with zero attached hydrogens (tertiary/aromatic N) is 1. The van der Waals surface area contributed by atoms with Crippen molar-refractivity contribution in [3.05, 3.63) is 81.5 Å². The first-order valence-electron chi connectivity index (χ1n) is 9.49. The van der Waals surface area contributed by atoms with Crippen LogP contribution in [0.2, 0.25) is 5.02 Å². The molecule has 0 saturated carbocycles. The number of amides is 2. The second-order valence-corrected chi connectivity index (χ2v) is 7.57. The molecule has 2 aromatic rings. The van der Waals surface area contributed by atoms with Gasteiger partial charge in [-0.1, -0.05) is 54.1 Å². The molecule has 29 heavy (non-hydrogen) atoms. The molecule has 2 aliphatic rings. The van der Waals surface area contributed by atoms with Crippen LogP contribution in [0.25, 0.3) is 0 Å². The van der Waals surface area contributed by atoms with Crippen molar-refractivity contribution in [3.63, 3.8) is 0 Å². The van der Waals surface area contributed by atoms with Gasteiger partial charge in [0.25, 0.3) is 0 Å². The lowest BCUT2D eigenvalue weighted by Crippen LogP contribution is -2.49. The number of hydrogen-bond donors (Lipinski definition) is 2. The lowest BCUT2D eigenvalue weighted by molar-refractivity contribution is -0.136. The molecule has 7 heteroatoms. The number of ether oxygens (including phenoxy) is 1. The second-order valence-electron chi connectivity index (χ2n) is 7.17. The fourth-order valence-electron chi connectivity index (χ4n) is 3.95. The Hall–Kier alpha value is -2.83. The molecule has 1 atom stereocenters. The number of rotatable bonds is 4. The highest BCUT2D eigenvalue weighted by Crippen LogP contribution is 2.32. The molecule has 0 radical (unpaired) electrons. The van der Waals surface area contributed by atoms with Crippen LogP contribution in [-0.2, 0) is 22.5 Å². The molecule has 4 rings (SSSR count). The first kappa shape index (κ1) is 19.5. The van der Waals surface area contributed by atoms with E-state index in [2.05, 4.69) is 27.7 Å². The Morgan fingerprint density at radius 1 is 1.17 bits per heavy atom. The van der Waals surface area contributed by atoms with Crippen LogP contribution in [0.4, 0.5) is 4.79 Å². The molecular formula is C22H22ClN3O3. The van der Waals surface area contributed by atoms with E-state index in [0.29, 0.717) is 28.4 Å². The van der Waals surface area contributed by atoms with Crippen molar-refractivity contribution >= 4 is 23.6 Å². The van der Waals surface area contributed by atoms with Gasteiger partial charge in [0, 0.05) is 30.4 Å². The summed E-state index contributed by atoms with van der Waals surface area (Å²) in [7, 11) is 1.34. The van der Waals surface area contributed by atoms with Gasteiger partial charge in [0.1, 0.15) is 0 Å². The smallest absolute Gasteiger partial charge is 0.338 e. The van der Waals surface area contributed by atoms with E-state index in [-0.39, 0.29) is 6.03 Å². The number of esters is 1. The zero-order valence-corrected chi connectivity index (χ0v) is 16.8. The number of nitrogens with one attached hydrogen (secondary N) is 2. The molecule has 0 fully saturated rings. The minimum Gasteiger partial charge on any atom is -0.466 e. The van der Waals surface area contributed by atoms with Crippen LogP contribution >= 0.6 is 11.6 Å². The number of methoxy groups -OCH3 is 1. The highest BCUT2D eigenvalue weighted by molar-refractivity contribution is 6.31. The topological polar surface area (TPSA) is 70.7 Å². The van der Waals surface area contributed by atoms with Crippen LogP contribution in [-0.4, -0.2) is 37.1 Å². The fourth-order valence-corrected chi connectivity index (χ4v) is 4.19.